The Balaban J connectivity index is 1.63. The van der Waals surface area contributed by atoms with Gasteiger partial charge in [0.15, 0.2) is 0 Å². The van der Waals surface area contributed by atoms with E-state index in [0.29, 0.717) is 0 Å². The largest absolute Gasteiger partial charge is 0.472 e. The molecule has 0 spiro atoms. The van der Waals surface area contributed by atoms with Crippen molar-refractivity contribution in [2.75, 3.05) is 6.54 Å². The van der Waals surface area contributed by atoms with Gasteiger partial charge >= 0.3 is 0 Å². The van der Waals surface area contributed by atoms with Crippen LogP contribution in [0.3, 0.4) is 0 Å². The number of rotatable bonds is 5. The summed E-state index contributed by atoms with van der Waals surface area (Å²) in [6.45, 7) is 1.88. The minimum Gasteiger partial charge on any atom is -0.472 e. The summed E-state index contributed by atoms with van der Waals surface area (Å²) in [4.78, 5) is 0. The summed E-state index contributed by atoms with van der Waals surface area (Å²) in [5, 5.41) is 3.42. The van der Waals surface area contributed by atoms with Crippen LogP contribution in [0.1, 0.15) is 44.1 Å². The molecule has 0 atom stereocenters. The van der Waals surface area contributed by atoms with Gasteiger partial charge in [0.25, 0.3) is 0 Å². The van der Waals surface area contributed by atoms with Gasteiger partial charge < -0.3 is 15.5 Å². The van der Waals surface area contributed by atoms with E-state index < -0.39 is 0 Å². The molecule has 16 heavy (non-hydrogen) atoms. The van der Waals surface area contributed by atoms with Crippen molar-refractivity contribution in [3.63, 3.8) is 0 Å². The zero-order valence-electron chi connectivity index (χ0n) is 9.87. The molecule has 2 rings (SSSR count). The molecule has 1 aromatic heterocycles. The molecule has 0 radical (unpaired) electrons. The predicted octanol–water partition coefficient (Wildman–Crippen LogP) is 2.42. The van der Waals surface area contributed by atoms with Crippen LogP contribution < -0.4 is 11.1 Å². The monoisotopic (exact) mass is 222 g/mol. The van der Waals surface area contributed by atoms with Crippen LogP contribution in [0.5, 0.6) is 0 Å². The Kier molecular flexibility index (Phi) is 4.02. The molecule has 1 aliphatic carbocycles. The molecule has 1 saturated carbocycles. The molecule has 0 saturated heterocycles. The normalized spacial score (nSPS) is 19.8. The molecule has 0 bridgehead atoms. The van der Waals surface area contributed by atoms with Crippen LogP contribution in [0.25, 0.3) is 0 Å². The lowest BCUT2D eigenvalue weighted by atomic mass is 9.80. The summed E-state index contributed by atoms with van der Waals surface area (Å²) >= 11 is 0. The fourth-order valence-electron chi connectivity index (χ4n) is 2.47. The number of nitrogens with two attached hydrogens (primary N) is 1. The minimum absolute atomic E-state index is 0.0989. The molecule has 0 amide bonds. The zero-order valence-corrected chi connectivity index (χ0v) is 9.87. The zero-order chi connectivity index (χ0) is 11.3. The lowest BCUT2D eigenvalue weighted by molar-refractivity contribution is 0.274. The minimum atomic E-state index is 0.0989. The second-order valence-corrected chi connectivity index (χ2v) is 4.98. The van der Waals surface area contributed by atoms with Crippen LogP contribution in [0.15, 0.2) is 23.0 Å². The Bertz CT molecular complexity index is 289. The van der Waals surface area contributed by atoms with Gasteiger partial charge in [-0.25, -0.2) is 0 Å². The smallest absolute Gasteiger partial charge is 0.0947 e. The van der Waals surface area contributed by atoms with Crippen molar-refractivity contribution >= 4 is 0 Å². The van der Waals surface area contributed by atoms with E-state index in [0.717, 1.165) is 19.5 Å². The first-order chi connectivity index (χ1) is 7.79. The molecule has 1 aromatic rings. The second-order valence-electron chi connectivity index (χ2n) is 4.98. The van der Waals surface area contributed by atoms with Gasteiger partial charge in [-0.2, -0.15) is 0 Å². The van der Waals surface area contributed by atoms with Crippen molar-refractivity contribution in [2.24, 2.45) is 5.73 Å². The molecule has 90 valence electrons. The third kappa shape index (κ3) is 3.35. The maximum absolute atomic E-state index is 6.36. The maximum atomic E-state index is 6.36. The van der Waals surface area contributed by atoms with Crippen LogP contribution >= 0.6 is 0 Å². The third-order valence-electron chi connectivity index (χ3n) is 3.56. The van der Waals surface area contributed by atoms with Crippen LogP contribution in [0.4, 0.5) is 0 Å². The average molecular weight is 222 g/mol. The van der Waals surface area contributed by atoms with Gasteiger partial charge in [-0.15, -0.1) is 0 Å². The Morgan fingerprint density at radius 3 is 2.81 bits per heavy atom. The van der Waals surface area contributed by atoms with E-state index in [4.69, 9.17) is 10.2 Å². The molecule has 1 heterocycles. The van der Waals surface area contributed by atoms with E-state index in [1.807, 2.05) is 6.07 Å². The Morgan fingerprint density at radius 2 is 2.12 bits per heavy atom. The maximum Gasteiger partial charge on any atom is 0.0947 e. The highest BCUT2D eigenvalue weighted by atomic mass is 16.3. The van der Waals surface area contributed by atoms with E-state index in [-0.39, 0.29) is 5.54 Å². The molecule has 0 aliphatic heterocycles. The summed E-state index contributed by atoms with van der Waals surface area (Å²) in [6, 6.07) is 1.99. The lowest BCUT2D eigenvalue weighted by Gasteiger charge is -2.33. The van der Waals surface area contributed by atoms with Gasteiger partial charge in [0, 0.05) is 17.6 Å². The molecule has 1 fully saturated rings. The highest BCUT2D eigenvalue weighted by Gasteiger charge is 2.26. The van der Waals surface area contributed by atoms with Crippen LogP contribution in [0.2, 0.25) is 0 Å². The first-order valence-corrected chi connectivity index (χ1v) is 6.29. The van der Waals surface area contributed by atoms with Gasteiger partial charge in [0.1, 0.15) is 0 Å². The molecule has 1 aliphatic rings. The second kappa shape index (κ2) is 5.51. The summed E-state index contributed by atoms with van der Waals surface area (Å²) < 4.78 is 5.02. The van der Waals surface area contributed by atoms with E-state index in [2.05, 4.69) is 5.32 Å². The van der Waals surface area contributed by atoms with Crippen molar-refractivity contribution in [1.82, 2.24) is 5.32 Å². The summed E-state index contributed by atoms with van der Waals surface area (Å²) in [5.41, 5.74) is 7.66. The van der Waals surface area contributed by atoms with Gasteiger partial charge in [0.2, 0.25) is 0 Å². The van der Waals surface area contributed by atoms with Gasteiger partial charge in [-0.3, -0.25) is 0 Å². The van der Waals surface area contributed by atoms with Crippen LogP contribution in [-0.2, 0) is 6.54 Å². The molecule has 0 aromatic carbocycles. The van der Waals surface area contributed by atoms with Crippen molar-refractivity contribution in [3.8, 4) is 0 Å². The van der Waals surface area contributed by atoms with E-state index in [1.165, 1.54) is 37.7 Å². The van der Waals surface area contributed by atoms with E-state index >= 15 is 0 Å². The van der Waals surface area contributed by atoms with E-state index in [1.54, 1.807) is 12.5 Å². The predicted molar refractivity (Wildman–Crippen MR) is 65.0 cm³/mol. The highest BCUT2D eigenvalue weighted by molar-refractivity contribution is 5.04. The number of furan rings is 1. The Morgan fingerprint density at radius 1 is 1.31 bits per heavy atom. The Labute approximate surface area is 97.4 Å². The molecular weight excluding hydrogens is 200 g/mol. The average Bonchev–Trinajstić information content (AvgIpc) is 2.78. The summed E-state index contributed by atoms with van der Waals surface area (Å²) in [7, 11) is 0. The number of hydrogen-bond donors (Lipinski definition) is 2. The van der Waals surface area contributed by atoms with Crippen molar-refractivity contribution in [3.05, 3.63) is 24.2 Å². The van der Waals surface area contributed by atoms with Gasteiger partial charge in [-0.05, 0) is 31.9 Å². The first-order valence-electron chi connectivity index (χ1n) is 6.29. The molecule has 3 nitrogen and oxygen atoms in total. The lowest BCUT2D eigenvalue weighted by Crippen LogP contribution is -2.43. The molecular formula is C13H22N2O. The van der Waals surface area contributed by atoms with E-state index in [9.17, 15) is 0 Å². The third-order valence-corrected chi connectivity index (χ3v) is 3.56. The van der Waals surface area contributed by atoms with Crippen molar-refractivity contribution in [2.45, 2.75) is 50.6 Å². The van der Waals surface area contributed by atoms with Crippen molar-refractivity contribution < 1.29 is 4.42 Å². The van der Waals surface area contributed by atoms with Crippen LogP contribution in [-0.4, -0.2) is 12.1 Å². The van der Waals surface area contributed by atoms with Crippen molar-refractivity contribution in [1.29, 1.82) is 0 Å². The van der Waals surface area contributed by atoms with Gasteiger partial charge in [-0.1, -0.05) is 19.3 Å². The standard InChI is InChI=1S/C13H22N2O/c14-13(5-2-1-3-6-13)7-8-15-10-12-4-9-16-11-12/h4,9,11,15H,1-3,5-8,10,14H2. The first kappa shape index (κ1) is 11.7. The number of nitrogens with one attached hydrogen (secondary N) is 1. The molecule has 0 unspecified atom stereocenters. The van der Waals surface area contributed by atoms with Crippen LogP contribution in [0, 0.1) is 0 Å². The SMILES string of the molecule is NC1(CCNCc2ccoc2)CCCCC1. The fraction of sp³-hybridized carbons (Fsp3) is 0.692. The molecule has 3 heteroatoms. The summed E-state index contributed by atoms with van der Waals surface area (Å²) in [6.07, 6.45) is 10.9. The fourth-order valence-corrected chi connectivity index (χ4v) is 2.47. The van der Waals surface area contributed by atoms with Gasteiger partial charge in [0.05, 0.1) is 12.5 Å². The number of hydrogen-bond acceptors (Lipinski definition) is 3. The molecule has 3 N–H and O–H groups in total. The topological polar surface area (TPSA) is 51.2 Å². The highest BCUT2D eigenvalue weighted by Crippen LogP contribution is 2.28. The quantitative estimate of drug-likeness (QED) is 0.752. The Hall–Kier alpha value is -0.800. The summed E-state index contributed by atoms with van der Waals surface area (Å²) in [5.74, 6) is 0.